The highest BCUT2D eigenvalue weighted by Crippen LogP contribution is 2.43. The highest BCUT2D eigenvalue weighted by atomic mass is 79.9. The monoisotopic (exact) mass is 676 g/mol. The molecule has 0 saturated carbocycles. The van der Waals surface area contributed by atoms with Crippen LogP contribution in [0.3, 0.4) is 0 Å². The number of carbonyl (C=O) groups is 1. The first-order chi connectivity index (χ1) is 20.4. The number of unbranched alkanes of at least 4 members (excludes halogenated alkanes) is 3. The summed E-state index contributed by atoms with van der Waals surface area (Å²) in [7, 11) is 0. The van der Waals surface area contributed by atoms with Crippen molar-refractivity contribution in [2.45, 2.75) is 76.8 Å². The second-order valence-electron chi connectivity index (χ2n) is 9.92. The van der Waals surface area contributed by atoms with Crippen molar-refractivity contribution < 1.29 is 19.0 Å². The summed E-state index contributed by atoms with van der Waals surface area (Å²) < 4.78 is 20.3. The molecule has 2 aromatic carbocycles. The van der Waals surface area contributed by atoms with Crippen LogP contribution in [0.5, 0.6) is 11.5 Å². The van der Waals surface area contributed by atoms with Crippen molar-refractivity contribution in [3.05, 3.63) is 68.3 Å². The second kappa shape index (κ2) is 15.7. The highest BCUT2D eigenvalue weighted by Gasteiger charge is 2.36. The fraction of sp³-hybridized carbons (Fsp3) is 0.452. The van der Waals surface area contributed by atoms with Crippen LogP contribution in [0.25, 0.3) is 0 Å². The second-order valence-corrected chi connectivity index (χ2v) is 12.1. The fourth-order valence-electron chi connectivity index (χ4n) is 4.65. The average molecular weight is 678 g/mol. The fourth-order valence-corrected chi connectivity index (χ4v) is 6.34. The number of hydrogen-bond donors (Lipinski definition) is 1. The Hall–Kier alpha value is -2.69. The molecule has 1 atom stereocenters. The number of fused-ring (bicyclic) bond motifs is 1. The van der Waals surface area contributed by atoms with E-state index in [4.69, 9.17) is 35.9 Å². The molecule has 0 fully saturated rings. The van der Waals surface area contributed by atoms with Gasteiger partial charge in [0.2, 0.25) is 11.1 Å². The number of nitrogens with one attached hydrogen (secondary N) is 1. The van der Waals surface area contributed by atoms with Crippen molar-refractivity contribution >= 4 is 51.2 Å². The van der Waals surface area contributed by atoms with Crippen molar-refractivity contribution in [2.75, 3.05) is 25.1 Å². The van der Waals surface area contributed by atoms with Crippen LogP contribution in [0.2, 0.25) is 5.02 Å². The molecule has 42 heavy (non-hydrogen) atoms. The minimum absolute atomic E-state index is 0.324. The number of hydrogen-bond acceptors (Lipinski definition) is 8. The summed E-state index contributed by atoms with van der Waals surface area (Å²) in [5.41, 5.74) is 2.91. The number of halogens is 2. The molecule has 1 aliphatic rings. The number of ether oxygens (including phenoxy) is 3. The maximum Gasteiger partial charge on any atom is 0.338 e. The molecule has 1 N–H and O–H groups in total. The Morgan fingerprint density at radius 1 is 1.10 bits per heavy atom. The SMILES string of the molecule is CCCCCCOc1c(Br)cc(C2C(C(=O)OCCC)=C(C)Nc3nc(SCc4ccccc4Cl)nn32)cc1OCC. The average Bonchev–Trinajstić information content (AvgIpc) is 3.38. The summed E-state index contributed by atoms with van der Waals surface area (Å²) in [5, 5.41) is 9.37. The van der Waals surface area contributed by atoms with Crippen LogP contribution in [0, 0.1) is 0 Å². The minimum atomic E-state index is -0.595. The summed E-state index contributed by atoms with van der Waals surface area (Å²) in [5.74, 6) is 2.00. The molecule has 1 aromatic heterocycles. The van der Waals surface area contributed by atoms with Crippen LogP contribution in [0.4, 0.5) is 5.95 Å². The number of anilines is 1. The molecule has 1 unspecified atom stereocenters. The number of nitrogens with zero attached hydrogens (tertiary/aromatic N) is 3. The normalized spacial score (nSPS) is 14.4. The lowest BCUT2D eigenvalue weighted by molar-refractivity contribution is -0.139. The molecule has 3 aromatic rings. The van der Waals surface area contributed by atoms with Gasteiger partial charge in [0.25, 0.3) is 0 Å². The van der Waals surface area contributed by atoms with E-state index in [1.54, 1.807) is 4.68 Å². The van der Waals surface area contributed by atoms with Crippen LogP contribution in [0.15, 0.2) is 57.3 Å². The highest BCUT2D eigenvalue weighted by molar-refractivity contribution is 9.10. The molecule has 1 aliphatic heterocycles. The summed E-state index contributed by atoms with van der Waals surface area (Å²) in [6.07, 6.45) is 5.15. The first kappa shape index (κ1) is 32.2. The van der Waals surface area contributed by atoms with E-state index in [9.17, 15) is 4.79 Å². The van der Waals surface area contributed by atoms with Gasteiger partial charge < -0.3 is 19.5 Å². The van der Waals surface area contributed by atoms with Gasteiger partial charge in [0.15, 0.2) is 11.5 Å². The molecule has 0 aliphatic carbocycles. The van der Waals surface area contributed by atoms with Gasteiger partial charge in [-0.05, 0) is 71.9 Å². The van der Waals surface area contributed by atoms with E-state index < -0.39 is 12.0 Å². The smallest absolute Gasteiger partial charge is 0.338 e. The number of rotatable bonds is 15. The van der Waals surface area contributed by atoms with E-state index in [1.165, 1.54) is 24.6 Å². The van der Waals surface area contributed by atoms with Gasteiger partial charge in [-0.3, -0.25) is 0 Å². The van der Waals surface area contributed by atoms with Crippen LogP contribution in [0.1, 0.15) is 77.0 Å². The molecule has 11 heteroatoms. The van der Waals surface area contributed by atoms with Crippen molar-refractivity contribution in [3.8, 4) is 11.5 Å². The molecule has 0 radical (unpaired) electrons. The summed E-state index contributed by atoms with van der Waals surface area (Å²) in [4.78, 5) is 18.2. The van der Waals surface area contributed by atoms with Crippen molar-refractivity contribution in [2.24, 2.45) is 0 Å². The van der Waals surface area contributed by atoms with E-state index in [1.807, 2.05) is 57.2 Å². The third kappa shape index (κ3) is 7.82. The summed E-state index contributed by atoms with van der Waals surface area (Å²) in [6, 6.07) is 11.0. The van der Waals surface area contributed by atoms with Crippen molar-refractivity contribution in [3.63, 3.8) is 0 Å². The first-order valence-corrected chi connectivity index (χ1v) is 16.6. The van der Waals surface area contributed by atoms with Gasteiger partial charge in [-0.25, -0.2) is 9.48 Å². The van der Waals surface area contributed by atoms with Gasteiger partial charge in [0.1, 0.15) is 6.04 Å². The topological polar surface area (TPSA) is 87.5 Å². The Kier molecular flexibility index (Phi) is 12.0. The number of carbonyl (C=O) groups excluding carboxylic acids is 1. The first-order valence-electron chi connectivity index (χ1n) is 14.4. The third-order valence-corrected chi connectivity index (χ3v) is 8.54. The zero-order chi connectivity index (χ0) is 30.1. The van der Waals surface area contributed by atoms with E-state index in [0.717, 1.165) is 34.9 Å². The number of esters is 1. The Labute approximate surface area is 265 Å². The third-order valence-electron chi connectivity index (χ3n) is 6.70. The van der Waals surface area contributed by atoms with E-state index in [-0.39, 0.29) is 0 Å². The van der Waals surface area contributed by atoms with E-state index >= 15 is 0 Å². The number of allylic oxidation sites excluding steroid dienone is 1. The largest absolute Gasteiger partial charge is 0.490 e. The maximum atomic E-state index is 13.4. The van der Waals surface area contributed by atoms with Crippen molar-refractivity contribution in [1.82, 2.24) is 14.8 Å². The van der Waals surface area contributed by atoms with Crippen LogP contribution < -0.4 is 14.8 Å². The van der Waals surface area contributed by atoms with Crippen LogP contribution >= 0.6 is 39.3 Å². The Balaban J connectivity index is 1.71. The molecule has 0 spiro atoms. The lowest BCUT2D eigenvalue weighted by Crippen LogP contribution is -2.30. The molecule has 226 valence electrons. The van der Waals surface area contributed by atoms with Gasteiger partial charge in [0.05, 0.1) is 29.9 Å². The molecule has 0 bridgehead atoms. The van der Waals surface area contributed by atoms with Gasteiger partial charge in [-0.1, -0.05) is 74.7 Å². The number of aromatic nitrogens is 3. The van der Waals surface area contributed by atoms with Crippen molar-refractivity contribution in [1.29, 1.82) is 0 Å². The van der Waals surface area contributed by atoms with Gasteiger partial charge in [-0.2, -0.15) is 4.98 Å². The van der Waals surface area contributed by atoms with E-state index in [2.05, 4.69) is 28.2 Å². The zero-order valence-electron chi connectivity index (χ0n) is 24.5. The number of benzene rings is 2. The molecule has 8 nitrogen and oxygen atoms in total. The number of thioether (sulfide) groups is 1. The molecule has 0 saturated heterocycles. The van der Waals surface area contributed by atoms with Gasteiger partial charge in [-0.15, -0.1) is 5.10 Å². The van der Waals surface area contributed by atoms with Gasteiger partial charge >= 0.3 is 5.97 Å². The Morgan fingerprint density at radius 2 is 1.90 bits per heavy atom. The molecule has 0 amide bonds. The molecule has 2 heterocycles. The van der Waals surface area contributed by atoms with Crippen LogP contribution in [-0.4, -0.2) is 40.6 Å². The van der Waals surface area contributed by atoms with E-state index in [0.29, 0.717) is 64.5 Å². The Morgan fingerprint density at radius 3 is 2.64 bits per heavy atom. The lowest BCUT2D eigenvalue weighted by Gasteiger charge is -2.29. The minimum Gasteiger partial charge on any atom is -0.490 e. The van der Waals surface area contributed by atoms with Gasteiger partial charge in [0, 0.05) is 16.5 Å². The predicted octanol–water partition coefficient (Wildman–Crippen LogP) is 8.59. The van der Waals surface area contributed by atoms with Crippen LogP contribution in [-0.2, 0) is 15.3 Å². The maximum absolute atomic E-state index is 13.4. The summed E-state index contributed by atoms with van der Waals surface area (Å²) in [6.45, 7) is 9.33. The summed E-state index contributed by atoms with van der Waals surface area (Å²) >= 11 is 11.6. The quantitative estimate of drug-likeness (QED) is 0.0973. The molecular formula is C31H38BrClN4O4S. The predicted molar refractivity (Wildman–Crippen MR) is 172 cm³/mol. The molecular weight excluding hydrogens is 640 g/mol. The molecule has 4 rings (SSSR count). The standard InChI is InChI=1S/C31H38BrClN4O4S/c1-5-8-9-12-16-40-28-23(32)17-22(18-25(28)39-7-3)27-26(29(38)41-15-6-2)20(4)34-30-35-31(36-37(27)30)42-19-21-13-10-11-14-24(21)33/h10-11,13-14,17-18,27H,5-9,12,15-16,19H2,1-4H3,(H,34,35,36). The Bertz CT molecular complexity index is 1410. The zero-order valence-corrected chi connectivity index (χ0v) is 27.7. The lowest BCUT2D eigenvalue weighted by atomic mass is 9.95.